The summed E-state index contributed by atoms with van der Waals surface area (Å²) in [7, 11) is 0. The lowest BCUT2D eigenvalue weighted by Gasteiger charge is -2.10. The summed E-state index contributed by atoms with van der Waals surface area (Å²) in [4.78, 5) is 0. The second-order valence-corrected chi connectivity index (χ2v) is 5.18. The van der Waals surface area contributed by atoms with Crippen molar-refractivity contribution in [3.8, 4) is 5.75 Å². The Balaban J connectivity index is 0.00000288. The van der Waals surface area contributed by atoms with Gasteiger partial charge in [0, 0.05) is 31.7 Å². The van der Waals surface area contributed by atoms with Crippen LogP contribution in [0.2, 0.25) is 0 Å². The lowest BCUT2D eigenvalue weighted by molar-refractivity contribution is 0.292. The molecule has 25 heavy (non-hydrogen) atoms. The highest BCUT2D eigenvalue weighted by molar-refractivity contribution is 5.85. The van der Waals surface area contributed by atoms with Crippen molar-refractivity contribution in [1.82, 2.24) is 10.6 Å². The summed E-state index contributed by atoms with van der Waals surface area (Å²) in [5.41, 5.74) is 1.66. The third-order valence-corrected chi connectivity index (χ3v) is 3.35. The highest BCUT2D eigenvalue weighted by Gasteiger charge is 2.02. The Morgan fingerprint density at radius 2 is 1.68 bits per heavy atom. The van der Waals surface area contributed by atoms with Crippen molar-refractivity contribution in [1.29, 1.82) is 0 Å². The highest BCUT2D eigenvalue weighted by Crippen LogP contribution is 2.16. The Morgan fingerprint density at radius 1 is 0.920 bits per heavy atom. The van der Waals surface area contributed by atoms with Gasteiger partial charge in [-0.05, 0) is 23.8 Å². The Morgan fingerprint density at radius 3 is 2.44 bits per heavy atom. The van der Waals surface area contributed by atoms with E-state index in [0.717, 1.165) is 30.9 Å². The number of aliphatic hydroxyl groups excluding tert-OH is 1. The first-order valence-electron chi connectivity index (χ1n) is 7.77. The van der Waals surface area contributed by atoms with Gasteiger partial charge in [0.25, 0.3) is 0 Å². The van der Waals surface area contributed by atoms with Gasteiger partial charge in [0.1, 0.15) is 18.2 Å². The van der Waals surface area contributed by atoms with Gasteiger partial charge < -0.3 is 20.5 Å². The molecule has 0 radical (unpaired) electrons. The van der Waals surface area contributed by atoms with Crippen LogP contribution in [0.5, 0.6) is 5.75 Å². The average molecular weight is 391 g/mol. The monoisotopic (exact) mass is 390 g/mol. The predicted molar refractivity (Wildman–Crippen MR) is 103 cm³/mol. The van der Waals surface area contributed by atoms with E-state index in [1.54, 1.807) is 18.2 Å². The SMILES string of the molecule is Cl.Cl.OCCNCCNCc1cccc(OCc2ccccc2F)c1. The van der Waals surface area contributed by atoms with Crippen LogP contribution in [-0.2, 0) is 13.2 Å². The quantitative estimate of drug-likeness (QED) is 0.546. The Hall–Kier alpha value is -1.37. The number of benzene rings is 2. The fourth-order valence-corrected chi connectivity index (χ4v) is 2.14. The third-order valence-electron chi connectivity index (χ3n) is 3.35. The van der Waals surface area contributed by atoms with Crippen LogP contribution >= 0.6 is 24.8 Å². The van der Waals surface area contributed by atoms with E-state index in [4.69, 9.17) is 9.84 Å². The molecule has 3 N–H and O–H groups in total. The molecule has 0 aromatic heterocycles. The maximum atomic E-state index is 13.6. The van der Waals surface area contributed by atoms with Crippen molar-refractivity contribution in [3.63, 3.8) is 0 Å². The smallest absolute Gasteiger partial charge is 0.129 e. The topological polar surface area (TPSA) is 53.5 Å². The molecule has 0 spiro atoms. The van der Waals surface area contributed by atoms with Gasteiger partial charge in [0.05, 0.1) is 6.61 Å². The number of ether oxygens (including phenoxy) is 1. The molecule has 0 aliphatic rings. The van der Waals surface area contributed by atoms with Crippen molar-refractivity contribution in [2.45, 2.75) is 13.2 Å². The van der Waals surface area contributed by atoms with Crippen molar-refractivity contribution in [2.75, 3.05) is 26.2 Å². The molecule has 2 rings (SSSR count). The van der Waals surface area contributed by atoms with Gasteiger partial charge in [0.15, 0.2) is 0 Å². The maximum Gasteiger partial charge on any atom is 0.129 e. The lowest BCUT2D eigenvalue weighted by atomic mass is 10.2. The Kier molecular flexibility index (Phi) is 13.1. The van der Waals surface area contributed by atoms with E-state index in [-0.39, 0.29) is 43.8 Å². The molecule has 0 unspecified atom stereocenters. The van der Waals surface area contributed by atoms with Crippen LogP contribution in [0.3, 0.4) is 0 Å². The minimum Gasteiger partial charge on any atom is -0.489 e. The average Bonchev–Trinajstić information content (AvgIpc) is 2.58. The number of nitrogens with one attached hydrogen (secondary N) is 2. The maximum absolute atomic E-state index is 13.6. The van der Waals surface area contributed by atoms with E-state index < -0.39 is 0 Å². The molecule has 0 aliphatic heterocycles. The lowest BCUT2D eigenvalue weighted by Crippen LogP contribution is -2.28. The Labute approximate surface area is 160 Å². The first kappa shape index (κ1) is 23.6. The zero-order valence-electron chi connectivity index (χ0n) is 13.9. The molecule has 0 aliphatic carbocycles. The minimum atomic E-state index is -0.249. The largest absolute Gasteiger partial charge is 0.489 e. The van der Waals surface area contributed by atoms with Gasteiger partial charge in [0.2, 0.25) is 0 Å². The first-order chi connectivity index (χ1) is 11.3. The number of hydrogen-bond acceptors (Lipinski definition) is 4. The first-order valence-corrected chi connectivity index (χ1v) is 7.77. The van der Waals surface area contributed by atoms with E-state index in [0.29, 0.717) is 12.1 Å². The van der Waals surface area contributed by atoms with Crippen LogP contribution in [0.15, 0.2) is 48.5 Å². The van der Waals surface area contributed by atoms with Gasteiger partial charge in [-0.15, -0.1) is 24.8 Å². The summed E-state index contributed by atoms with van der Waals surface area (Å²) >= 11 is 0. The van der Waals surface area contributed by atoms with Gasteiger partial charge >= 0.3 is 0 Å². The predicted octanol–water partition coefficient (Wildman–Crippen LogP) is 2.92. The minimum absolute atomic E-state index is 0. The summed E-state index contributed by atoms with van der Waals surface area (Å²) in [6, 6.07) is 14.4. The molecular formula is C18H25Cl2FN2O2. The Bertz CT molecular complexity index is 603. The van der Waals surface area contributed by atoms with Crippen LogP contribution in [0.4, 0.5) is 4.39 Å². The molecule has 0 amide bonds. The number of aliphatic hydroxyl groups is 1. The summed E-state index contributed by atoms with van der Waals surface area (Å²) in [6.45, 7) is 3.35. The van der Waals surface area contributed by atoms with Crippen LogP contribution < -0.4 is 15.4 Å². The zero-order chi connectivity index (χ0) is 16.3. The second kappa shape index (κ2) is 13.9. The van der Waals surface area contributed by atoms with Crippen molar-refractivity contribution in [2.24, 2.45) is 0 Å². The van der Waals surface area contributed by atoms with E-state index >= 15 is 0 Å². The molecule has 7 heteroatoms. The summed E-state index contributed by atoms with van der Waals surface area (Å²) in [6.07, 6.45) is 0. The third kappa shape index (κ3) is 9.05. The summed E-state index contributed by atoms with van der Waals surface area (Å²) < 4.78 is 19.2. The molecular weight excluding hydrogens is 366 g/mol. The second-order valence-electron chi connectivity index (χ2n) is 5.18. The fourth-order valence-electron chi connectivity index (χ4n) is 2.14. The van der Waals surface area contributed by atoms with Crippen LogP contribution in [0.1, 0.15) is 11.1 Å². The van der Waals surface area contributed by atoms with Crippen molar-refractivity contribution >= 4 is 24.8 Å². The number of hydrogen-bond donors (Lipinski definition) is 3. The number of halogens is 3. The number of rotatable bonds is 10. The standard InChI is InChI=1S/C18H23FN2O2.2ClH/c19-18-7-2-1-5-16(18)14-23-17-6-3-4-15(12-17)13-21-9-8-20-10-11-22;;/h1-7,12,20-22H,8-11,13-14H2;2*1H. The molecule has 140 valence electrons. The van der Waals surface area contributed by atoms with Crippen LogP contribution in [0.25, 0.3) is 0 Å². The van der Waals surface area contributed by atoms with Gasteiger partial charge in [-0.2, -0.15) is 0 Å². The van der Waals surface area contributed by atoms with Crippen molar-refractivity contribution in [3.05, 3.63) is 65.5 Å². The molecule has 0 saturated carbocycles. The fraction of sp³-hybridized carbons (Fsp3) is 0.333. The summed E-state index contributed by atoms with van der Waals surface area (Å²) in [5.74, 6) is 0.478. The molecule has 2 aromatic carbocycles. The van der Waals surface area contributed by atoms with Crippen molar-refractivity contribution < 1.29 is 14.2 Å². The molecule has 0 bridgehead atoms. The van der Waals surface area contributed by atoms with E-state index in [2.05, 4.69) is 10.6 Å². The van der Waals surface area contributed by atoms with E-state index in [9.17, 15) is 4.39 Å². The zero-order valence-corrected chi connectivity index (χ0v) is 15.5. The highest BCUT2D eigenvalue weighted by atomic mass is 35.5. The molecule has 4 nitrogen and oxygen atoms in total. The van der Waals surface area contributed by atoms with Gasteiger partial charge in [-0.1, -0.05) is 30.3 Å². The normalized spacial score (nSPS) is 9.84. The van der Waals surface area contributed by atoms with Gasteiger partial charge in [-0.25, -0.2) is 4.39 Å². The molecule has 0 atom stereocenters. The van der Waals surface area contributed by atoms with E-state index in [1.165, 1.54) is 6.07 Å². The molecule has 0 heterocycles. The molecule has 2 aromatic rings. The van der Waals surface area contributed by atoms with Crippen LogP contribution in [0, 0.1) is 5.82 Å². The molecule has 0 fully saturated rings. The van der Waals surface area contributed by atoms with Crippen LogP contribution in [-0.4, -0.2) is 31.3 Å². The van der Waals surface area contributed by atoms with E-state index in [1.807, 2.05) is 24.3 Å². The molecule has 0 saturated heterocycles. The van der Waals surface area contributed by atoms with Gasteiger partial charge in [-0.3, -0.25) is 0 Å². The summed E-state index contributed by atoms with van der Waals surface area (Å²) in [5, 5.41) is 15.1.